The van der Waals surface area contributed by atoms with E-state index in [1.807, 2.05) is 48.5 Å². The van der Waals surface area contributed by atoms with Crippen molar-refractivity contribution in [3.63, 3.8) is 0 Å². The maximum absolute atomic E-state index is 13.1. The molecule has 0 aliphatic carbocycles. The van der Waals surface area contributed by atoms with Gasteiger partial charge < -0.3 is 0 Å². The Morgan fingerprint density at radius 3 is 2.35 bits per heavy atom. The first-order valence-electron chi connectivity index (χ1n) is 8.08. The summed E-state index contributed by atoms with van der Waals surface area (Å²) < 4.78 is 14.5. The maximum atomic E-state index is 13.1. The zero-order valence-corrected chi connectivity index (χ0v) is 14.6. The monoisotopic (exact) mass is 361 g/mol. The lowest BCUT2D eigenvalue weighted by Gasteiger charge is -2.13. The minimum Gasteiger partial charge on any atom is -0.268 e. The molecule has 4 aromatic rings. The molecule has 2 aromatic heterocycles. The largest absolute Gasteiger partial charge is 0.268 e. The van der Waals surface area contributed by atoms with Crippen molar-refractivity contribution in [2.75, 3.05) is 0 Å². The van der Waals surface area contributed by atoms with Gasteiger partial charge in [0.05, 0.1) is 33.1 Å². The van der Waals surface area contributed by atoms with E-state index in [4.69, 9.17) is 0 Å². The van der Waals surface area contributed by atoms with E-state index < -0.39 is 10.8 Å². The van der Waals surface area contributed by atoms with E-state index in [9.17, 15) is 9.00 Å². The molecular formula is C20H15N3O2S. The van der Waals surface area contributed by atoms with E-state index in [0.717, 1.165) is 5.56 Å². The first-order valence-corrected chi connectivity index (χ1v) is 9.40. The van der Waals surface area contributed by atoms with Gasteiger partial charge in [0, 0.05) is 12.4 Å². The average molecular weight is 361 g/mol. The number of para-hydroxylation sites is 2. The summed E-state index contributed by atoms with van der Waals surface area (Å²) in [6.45, 7) is 0. The Bertz CT molecular complexity index is 1140. The van der Waals surface area contributed by atoms with Crippen LogP contribution in [0.4, 0.5) is 0 Å². The van der Waals surface area contributed by atoms with Crippen LogP contribution in [0.3, 0.4) is 0 Å². The number of nitrogens with zero attached hydrogens (tertiary/aromatic N) is 3. The molecule has 26 heavy (non-hydrogen) atoms. The maximum Gasteiger partial charge on any atom is 0.266 e. The van der Waals surface area contributed by atoms with Gasteiger partial charge in [0.25, 0.3) is 5.56 Å². The van der Waals surface area contributed by atoms with Gasteiger partial charge in [-0.2, -0.15) is 0 Å². The molecule has 128 valence electrons. The van der Waals surface area contributed by atoms with Crippen LogP contribution in [0.25, 0.3) is 16.6 Å². The Morgan fingerprint density at radius 2 is 1.58 bits per heavy atom. The minimum atomic E-state index is -1.49. The number of fused-ring (bicyclic) bond motifs is 1. The second-order valence-electron chi connectivity index (χ2n) is 5.73. The summed E-state index contributed by atoms with van der Waals surface area (Å²) in [6.07, 6.45) is 3.31. The Balaban J connectivity index is 1.92. The SMILES string of the molecule is O=c1c2ccccc2nc(S(=O)Cc2ccncc2)n1-c1ccccc1. The zero-order valence-electron chi connectivity index (χ0n) is 13.8. The first kappa shape index (κ1) is 16.4. The molecule has 0 aliphatic rings. The third kappa shape index (κ3) is 3.07. The summed E-state index contributed by atoms with van der Waals surface area (Å²) in [6, 6.07) is 19.9. The van der Waals surface area contributed by atoms with Crippen molar-refractivity contribution in [2.24, 2.45) is 0 Å². The van der Waals surface area contributed by atoms with Crippen molar-refractivity contribution in [3.05, 3.63) is 95.0 Å². The number of hydrogen-bond acceptors (Lipinski definition) is 4. The Kier molecular flexibility index (Phi) is 4.41. The van der Waals surface area contributed by atoms with Gasteiger partial charge in [-0.15, -0.1) is 0 Å². The van der Waals surface area contributed by atoms with Crippen molar-refractivity contribution < 1.29 is 4.21 Å². The number of benzene rings is 2. The highest BCUT2D eigenvalue weighted by Gasteiger charge is 2.18. The summed E-state index contributed by atoms with van der Waals surface area (Å²) in [5.74, 6) is 0.264. The Labute approximate surface area is 152 Å². The third-order valence-corrected chi connectivity index (χ3v) is 5.29. The average Bonchev–Trinajstić information content (AvgIpc) is 2.69. The summed E-state index contributed by atoms with van der Waals surface area (Å²) in [7, 11) is -1.49. The van der Waals surface area contributed by atoms with E-state index in [-0.39, 0.29) is 16.5 Å². The summed E-state index contributed by atoms with van der Waals surface area (Å²) in [5.41, 5.74) is 1.84. The molecule has 1 unspecified atom stereocenters. The van der Waals surface area contributed by atoms with Crippen molar-refractivity contribution in [1.82, 2.24) is 14.5 Å². The second-order valence-corrected chi connectivity index (χ2v) is 7.08. The van der Waals surface area contributed by atoms with Crippen LogP contribution in [-0.2, 0) is 16.6 Å². The second kappa shape index (κ2) is 7.01. The predicted octanol–water partition coefficient (Wildman–Crippen LogP) is 3.09. The molecular weight excluding hydrogens is 346 g/mol. The molecule has 2 heterocycles. The van der Waals surface area contributed by atoms with E-state index in [1.54, 1.807) is 30.6 Å². The lowest BCUT2D eigenvalue weighted by atomic mass is 10.2. The van der Waals surface area contributed by atoms with Crippen LogP contribution in [0.5, 0.6) is 0 Å². The predicted molar refractivity (Wildman–Crippen MR) is 102 cm³/mol. The fourth-order valence-electron chi connectivity index (χ4n) is 2.76. The molecule has 6 heteroatoms. The van der Waals surface area contributed by atoms with Crippen molar-refractivity contribution >= 4 is 21.7 Å². The topological polar surface area (TPSA) is 64.8 Å². The fraction of sp³-hybridized carbons (Fsp3) is 0.0500. The van der Waals surface area contributed by atoms with Crippen LogP contribution in [0, 0.1) is 0 Å². The molecule has 0 N–H and O–H groups in total. The quantitative estimate of drug-likeness (QED) is 0.524. The third-order valence-electron chi connectivity index (χ3n) is 4.01. The summed E-state index contributed by atoms with van der Waals surface area (Å²) in [5, 5.41) is 0.748. The van der Waals surface area contributed by atoms with Crippen molar-refractivity contribution in [2.45, 2.75) is 10.9 Å². The Hall–Kier alpha value is -3.12. The highest BCUT2D eigenvalue weighted by atomic mass is 32.2. The normalized spacial score (nSPS) is 12.2. The minimum absolute atomic E-state index is 0.222. The van der Waals surface area contributed by atoms with Crippen LogP contribution in [0.15, 0.2) is 89.1 Å². The van der Waals surface area contributed by atoms with Crippen molar-refractivity contribution in [3.8, 4) is 5.69 Å². The van der Waals surface area contributed by atoms with Gasteiger partial charge in [0.1, 0.15) is 0 Å². The highest BCUT2D eigenvalue weighted by molar-refractivity contribution is 7.84. The molecule has 0 saturated heterocycles. The van der Waals surface area contributed by atoms with Crippen LogP contribution < -0.4 is 5.56 Å². The van der Waals surface area contributed by atoms with E-state index in [2.05, 4.69) is 9.97 Å². The van der Waals surface area contributed by atoms with Gasteiger partial charge in [0.2, 0.25) is 5.16 Å². The van der Waals surface area contributed by atoms with Crippen LogP contribution >= 0.6 is 0 Å². The molecule has 5 nitrogen and oxygen atoms in total. The first-order chi connectivity index (χ1) is 12.7. The van der Waals surface area contributed by atoms with Crippen LogP contribution in [0.1, 0.15) is 5.56 Å². The molecule has 0 spiro atoms. The van der Waals surface area contributed by atoms with Gasteiger partial charge in [-0.3, -0.25) is 18.6 Å². The fourth-order valence-corrected chi connectivity index (χ4v) is 3.98. The number of pyridine rings is 1. The molecule has 4 rings (SSSR count). The smallest absolute Gasteiger partial charge is 0.266 e. The lowest BCUT2D eigenvalue weighted by Crippen LogP contribution is -2.24. The number of rotatable bonds is 4. The molecule has 2 aromatic carbocycles. The molecule has 0 aliphatic heterocycles. The van der Waals surface area contributed by atoms with E-state index >= 15 is 0 Å². The van der Waals surface area contributed by atoms with Crippen LogP contribution in [-0.4, -0.2) is 18.7 Å². The van der Waals surface area contributed by atoms with E-state index in [1.165, 1.54) is 4.57 Å². The molecule has 0 bridgehead atoms. The zero-order chi connectivity index (χ0) is 17.9. The van der Waals surface area contributed by atoms with Gasteiger partial charge in [-0.1, -0.05) is 30.3 Å². The number of hydrogen-bond donors (Lipinski definition) is 0. The van der Waals surface area contributed by atoms with Gasteiger partial charge in [-0.25, -0.2) is 4.98 Å². The van der Waals surface area contributed by atoms with E-state index in [0.29, 0.717) is 16.6 Å². The highest BCUT2D eigenvalue weighted by Crippen LogP contribution is 2.17. The molecule has 0 radical (unpaired) electrons. The number of aromatic nitrogens is 3. The summed E-state index contributed by atoms with van der Waals surface area (Å²) >= 11 is 0. The van der Waals surface area contributed by atoms with Gasteiger partial charge >= 0.3 is 0 Å². The standard InChI is InChI=1S/C20H15N3O2S/c24-19-17-8-4-5-9-18(17)22-20(23(19)16-6-2-1-3-7-16)26(25)14-15-10-12-21-13-11-15/h1-13H,14H2. The van der Waals surface area contributed by atoms with Crippen LogP contribution in [0.2, 0.25) is 0 Å². The van der Waals surface area contributed by atoms with Gasteiger partial charge in [0.15, 0.2) is 0 Å². The molecule has 0 saturated carbocycles. The molecule has 1 atom stereocenters. The Morgan fingerprint density at radius 1 is 0.885 bits per heavy atom. The van der Waals surface area contributed by atoms with Gasteiger partial charge in [-0.05, 0) is 42.0 Å². The lowest BCUT2D eigenvalue weighted by molar-refractivity contribution is 0.667. The molecule has 0 fully saturated rings. The summed E-state index contributed by atoms with van der Waals surface area (Å²) in [4.78, 5) is 21.6. The van der Waals surface area contributed by atoms with Crippen molar-refractivity contribution in [1.29, 1.82) is 0 Å². The molecule has 0 amide bonds.